The number of nitrogens with zero attached hydrogens (tertiary/aromatic N) is 3. The van der Waals surface area contributed by atoms with Gasteiger partial charge in [-0.15, -0.1) is 0 Å². The highest BCUT2D eigenvalue weighted by Gasteiger charge is 2.38. The summed E-state index contributed by atoms with van der Waals surface area (Å²) in [4.78, 5) is 7.46. The third-order valence-electron chi connectivity index (χ3n) is 3.74. The van der Waals surface area contributed by atoms with Crippen molar-refractivity contribution < 1.29 is 12.8 Å². The van der Waals surface area contributed by atoms with Gasteiger partial charge in [0.05, 0.1) is 17.1 Å². The molecule has 0 bridgehead atoms. The molecule has 2 heterocycles. The Labute approximate surface area is 122 Å². The zero-order valence-corrected chi connectivity index (χ0v) is 12.7. The molecule has 1 aromatic heterocycles. The number of fused-ring (bicyclic) bond motifs is 1. The lowest BCUT2D eigenvalue weighted by atomic mass is 10.2. The smallest absolute Gasteiger partial charge is 0.282 e. The first-order valence-electron chi connectivity index (χ1n) is 6.74. The number of hydrogen-bond donors (Lipinski definition) is 1. The van der Waals surface area contributed by atoms with Crippen LogP contribution in [0.3, 0.4) is 0 Å². The van der Waals surface area contributed by atoms with Gasteiger partial charge >= 0.3 is 0 Å². The summed E-state index contributed by atoms with van der Waals surface area (Å²) in [5.74, 6) is 0.223. The lowest BCUT2D eigenvalue weighted by Crippen LogP contribution is -2.39. The van der Waals surface area contributed by atoms with Crippen molar-refractivity contribution in [1.82, 2.24) is 18.6 Å². The Bertz CT molecular complexity index is 772. The van der Waals surface area contributed by atoms with E-state index < -0.39 is 10.2 Å². The molecular formula is C13H17FN4O2S. The van der Waals surface area contributed by atoms with Crippen LogP contribution in [0.1, 0.15) is 24.7 Å². The second-order valence-corrected chi connectivity index (χ2v) is 7.44. The molecule has 1 unspecified atom stereocenters. The molecule has 1 atom stereocenters. The van der Waals surface area contributed by atoms with Crippen molar-refractivity contribution in [3.05, 3.63) is 29.8 Å². The van der Waals surface area contributed by atoms with E-state index in [1.807, 2.05) is 0 Å². The molecule has 0 saturated carbocycles. The Morgan fingerprint density at radius 1 is 1.43 bits per heavy atom. The third-order valence-corrected chi connectivity index (χ3v) is 5.69. The number of rotatable bonds is 3. The largest absolute Gasteiger partial charge is 0.341 e. The quantitative estimate of drug-likeness (QED) is 0.937. The normalized spacial score (nSPS) is 20.7. The monoisotopic (exact) mass is 312 g/mol. The summed E-state index contributed by atoms with van der Waals surface area (Å²) >= 11 is 0. The van der Waals surface area contributed by atoms with Crippen molar-refractivity contribution in [1.29, 1.82) is 0 Å². The van der Waals surface area contributed by atoms with Crippen LogP contribution in [0.15, 0.2) is 18.2 Å². The molecule has 0 spiro atoms. The number of benzene rings is 1. The zero-order valence-electron chi connectivity index (χ0n) is 11.9. The number of aromatic amines is 1. The molecule has 1 N–H and O–H groups in total. The Hall–Kier alpha value is -1.51. The van der Waals surface area contributed by atoms with Gasteiger partial charge in [0.15, 0.2) is 0 Å². The summed E-state index contributed by atoms with van der Waals surface area (Å²) in [5, 5.41) is 0. The average molecular weight is 312 g/mol. The summed E-state index contributed by atoms with van der Waals surface area (Å²) in [7, 11) is -0.462. The standard InChI is InChI=1S/C13H17FN4O2S/c1-17(2)21(19,20)18-7-3-4-12(18)13-15-10-6-5-9(14)8-11(10)16-13/h5-6,8,12H,3-4,7H2,1-2H3,(H,15,16). The van der Waals surface area contributed by atoms with E-state index in [-0.39, 0.29) is 11.9 Å². The summed E-state index contributed by atoms with van der Waals surface area (Å²) in [6.45, 7) is 0.469. The molecule has 6 nitrogen and oxygen atoms in total. The Kier molecular flexibility index (Phi) is 3.46. The van der Waals surface area contributed by atoms with Crippen molar-refractivity contribution in [3.63, 3.8) is 0 Å². The maximum atomic E-state index is 13.2. The fraction of sp³-hybridized carbons (Fsp3) is 0.462. The summed E-state index contributed by atoms with van der Waals surface area (Å²) in [5.41, 5.74) is 1.22. The van der Waals surface area contributed by atoms with Crippen LogP contribution in [0.4, 0.5) is 4.39 Å². The third kappa shape index (κ3) is 2.43. The maximum absolute atomic E-state index is 13.2. The van der Waals surface area contributed by atoms with Crippen LogP contribution in [0.2, 0.25) is 0 Å². The van der Waals surface area contributed by atoms with Gasteiger partial charge in [-0.3, -0.25) is 0 Å². The van der Waals surface area contributed by atoms with Gasteiger partial charge in [-0.05, 0) is 31.0 Å². The predicted molar refractivity (Wildman–Crippen MR) is 77.3 cm³/mol. The topological polar surface area (TPSA) is 69.3 Å². The Balaban J connectivity index is 2.01. The first kappa shape index (κ1) is 14.4. The second-order valence-electron chi connectivity index (χ2n) is 5.34. The lowest BCUT2D eigenvalue weighted by molar-refractivity contribution is 0.354. The fourth-order valence-corrected chi connectivity index (χ4v) is 3.96. The maximum Gasteiger partial charge on any atom is 0.282 e. The average Bonchev–Trinajstić information content (AvgIpc) is 3.03. The molecule has 1 fully saturated rings. The van der Waals surface area contributed by atoms with Gasteiger partial charge in [0, 0.05) is 20.6 Å². The summed E-state index contributed by atoms with van der Waals surface area (Å²) in [6.07, 6.45) is 1.48. The Morgan fingerprint density at radius 3 is 2.90 bits per heavy atom. The van der Waals surface area contributed by atoms with E-state index in [1.54, 1.807) is 6.07 Å². The van der Waals surface area contributed by atoms with Crippen molar-refractivity contribution in [3.8, 4) is 0 Å². The number of halogens is 1. The minimum atomic E-state index is -3.49. The highest BCUT2D eigenvalue weighted by molar-refractivity contribution is 7.86. The van der Waals surface area contributed by atoms with Gasteiger partial charge < -0.3 is 4.98 Å². The molecule has 1 aliphatic heterocycles. The van der Waals surface area contributed by atoms with Crippen molar-refractivity contribution >= 4 is 21.2 Å². The molecule has 1 saturated heterocycles. The molecule has 0 aliphatic carbocycles. The van der Waals surface area contributed by atoms with E-state index in [0.29, 0.717) is 29.8 Å². The Morgan fingerprint density at radius 2 is 2.19 bits per heavy atom. The van der Waals surface area contributed by atoms with E-state index >= 15 is 0 Å². The van der Waals surface area contributed by atoms with Gasteiger partial charge in [-0.1, -0.05) is 0 Å². The molecule has 3 rings (SSSR count). The van der Waals surface area contributed by atoms with Crippen LogP contribution in [-0.4, -0.2) is 47.6 Å². The van der Waals surface area contributed by atoms with E-state index in [0.717, 1.165) is 6.42 Å². The van der Waals surface area contributed by atoms with Crippen LogP contribution in [-0.2, 0) is 10.2 Å². The van der Waals surface area contributed by atoms with E-state index in [1.165, 1.54) is 34.8 Å². The molecule has 0 radical (unpaired) electrons. The van der Waals surface area contributed by atoms with Crippen LogP contribution in [0.25, 0.3) is 11.0 Å². The zero-order chi connectivity index (χ0) is 15.2. The summed E-state index contributed by atoms with van der Waals surface area (Å²) < 4.78 is 40.6. The summed E-state index contributed by atoms with van der Waals surface area (Å²) in [6, 6.07) is 3.97. The highest BCUT2D eigenvalue weighted by Crippen LogP contribution is 2.34. The minimum Gasteiger partial charge on any atom is -0.341 e. The molecule has 1 aromatic carbocycles. The van der Waals surface area contributed by atoms with E-state index in [2.05, 4.69) is 9.97 Å². The fourth-order valence-electron chi connectivity index (χ4n) is 2.66. The molecular weight excluding hydrogens is 295 g/mol. The number of imidazole rings is 1. The van der Waals surface area contributed by atoms with Crippen molar-refractivity contribution in [2.45, 2.75) is 18.9 Å². The second kappa shape index (κ2) is 5.04. The molecule has 2 aromatic rings. The van der Waals surface area contributed by atoms with E-state index in [4.69, 9.17) is 0 Å². The molecule has 0 amide bonds. The highest BCUT2D eigenvalue weighted by atomic mass is 32.2. The predicted octanol–water partition coefficient (Wildman–Crippen LogP) is 1.65. The number of aromatic nitrogens is 2. The molecule has 1 aliphatic rings. The first-order chi connectivity index (χ1) is 9.89. The van der Waals surface area contributed by atoms with Crippen LogP contribution < -0.4 is 0 Å². The van der Waals surface area contributed by atoms with Crippen molar-refractivity contribution in [2.24, 2.45) is 0 Å². The van der Waals surface area contributed by atoms with Gasteiger partial charge in [0.1, 0.15) is 11.6 Å². The number of H-pyrrole nitrogens is 1. The SMILES string of the molecule is CN(C)S(=O)(=O)N1CCCC1c1nc2ccc(F)cc2[nH]1. The molecule has 114 valence electrons. The molecule has 8 heteroatoms. The molecule has 21 heavy (non-hydrogen) atoms. The number of nitrogens with one attached hydrogen (secondary N) is 1. The first-order valence-corrected chi connectivity index (χ1v) is 8.14. The van der Waals surface area contributed by atoms with Gasteiger partial charge in [0.25, 0.3) is 10.2 Å². The van der Waals surface area contributed by atoms with Crippen LogP contribution in [0, 0.1) is 5.82 Å². The van der Waals surface area contributed by atoms with Crippen LogP contribution >= 0.6 is 0 Å². The lowest BCUT2D eigenvalue weighted by Gasteiger charge is -2.25. The van der Waals surface area contributed by atoms with Gasteiger partial charge in [-0.25, -0.2) is 9.37 Å². The van der Waals surface area contributed by atoms with Crippen molar-refractivity contribution in [2.75, 3.05) is 20.6 Å². The van der Waals surface area contributed by atoms with Gasteiger partial charge in [0.2, 0.25) is 0 Å². The minimum absolute atomic E-state index is 0.326. The number of hydrogen-bond acceptors (Lipinski definition) is 3. The van der Waals surface area contributed by atoms with Crippen LogP contribution in [0.5, 0.6) is 0 Å². The van der Waals surface area contributed by atoms with E-state index in [9.17, 15) is 12.8 Å². The van der Waals surface area contributed by atoms with Gasteiger partial charge in [-0.2, -0.15) is 17.0 Å².